The van der Waals surface area contributed by atoms with Crippen molar-refractivity contribution in [2.45, 2.75) is 0 Å². The Morgan fingerprint density at radius 2 is 2.38 bits per heavy atom. The highest BCUT2D eigenvalue weighted by Gasteiger charge is 1.80. The topological polar surface area (TPSA) is 76.4 Å². The van der Waals surface area contributed by atoms with E-state index < -0.39 is 5.90 Å². The molecule has 2 N–H and O–H groups in total. The molecular weight excluding hydrogens is 110 g/mol. The molecule has 0 aliphatic rings. The maximum atomic E-state index is 9.78. The Morgan fingerprint density at radius 1 is 1.75 bits per heavy atom. The summed E-state index contributed by atoms with van der Waals surface area (Å²) in [5.41, 5.74) is 0. The Balaban J connectivity index is 2.82. The van der Waals surface area contributed by atoms with Gasteiger partial charge in [-0.15, -0.1) is 0 Å². The lowest BCUT2D eigenvalue weighted by Gasteiger charge is -2.05. The van der Waals surface area contributed by atoms with Crippen molar-refractivity contribution in [1.82, 2.24) is 0 Å². The van der Waals surface area contributed by atoms with E-state index in [2.05, 4.69) is 4.74 Å². The maximum Gasteiger partial charge on any atom is 0.0742 e. The van der Waals surface area contributed by atoms with Crippen LogP contribution in [0.15, 0.2) is 0 Å². The van der Waals surface area contributed by atoms with Crippen LogP contribution in [0.3, 0.4) is 0 Å². The van der Waals surface area contributed by atoms with Crippen molar-refractivity contribution < 1.29 is 14.9 Å². The summed E-state index contributed by atoms with van der Waals surface area (Å²) < 4.78 is 4.46. The van der Waals surface area contributed by atoms with Crippen molar-refractivity contribution in [3.8, 4) is 0 Å². The summed E-state index contributed by atoms with van der Waals surface area (Å²) >= 11 is 0. The summed E-state index contributed by atoms with van der Waals surface area (Å²) in [7, 11) is 0. The van der Waals surface area contributed by atoms with Crippen LogP contribution in [0.2, 0.25) is 0 Å². The highest BCUT2D eigenvalue weighted by Crippen LogP contribution is 1.69. The van der Waals surface area contributed by atoms with E-state index in [4.69, 9.17) is 10.5 Å². The predicted molar refractivity (Wildman–Crippen MR) is 25.6 cm³/mol. The van der Waals surface area contributed by atoms with Crippen molar-refractivity contribution in [2.24, 2.45) is 0 Å². The Hall–Kier alpha value is -0.610. The van der Waals surface area contributed by atoms with Gasteiger partial charge in [0.05, 0.1) is 19.8 Å². The molecule has 0 bridgehead atoms. The van der Waals surface area contributed by atoms with Crippen molar-refractivity contribution in [3.63, 3.8) is 0 Å². The van der Waals surface area contributed by atoms with E-state index in [0.29, 0.717) is 0 Å². The number of hydrogen-bond donors (Lipinski definition) is 2. The van der Waals surface area contributed by atoms with Crippen LogP contribution in [0.1, 0.15) is 0 Å². The second-order valence-electron chi connectivity index (χ2n) is 1.20. The SMILES string of the molecule is N=C([O-])COCCO. The third-order valence-corrected chi connectivity index (χ3v) is 0.469. The normalized spacial score (nSPS) is 9.12. The van der Waals surface area contributed by atoms with Crippen LogP contribution in [0.25, 0.3) is 0 Å². The van der Waals surface area contributed by atoms with Gasteiger partial charge in [-0.1, -0.05) is 0 Å². The van der Waals surface area contributed by atoms with Gasteiger partial charge in [-0.3, -0.25) is 0 Å². The van der Waals surface area contributed by atoms with Gasteiger partial charge in [0, 0.05) is 0 Å². The highest BCUT2D eigenvalue weighted by atomic mass is 16.5. The average Bonchev–Trinajstić information content (AvgIpc) is 1.66. The Labute approximate surface area is 47.2 Å². The predicted octanol–water partition coefficient (Wildman–Crippen LogP) is -1.67. The van der Waals surface area contributed by atoms with Crippen LogP contribution >= 0.6 is 0 Å². The van der Waals surface area contributed by atoms with Gasteiger partial charge in [-0.2, -0.15) is 0 Å². The van der Waals surface area contributed by atoms with Crippen LogP contribution in [0.4, 0.5) is 0 Å². The molecule has 0 unspecified atom stereocenters. The van der Waals surface area contributed by atoms with Gasteiger partial charge < -0.3 is 20.4 Å². The highest BCUT2D eigenvalue weighted by molar-refractivity contribution is 5.68. The molecule has 0 rings (SSSR count). The zero-order valence-electron chi connectivity index (χ0n) is 4.39. The van der Waals surface area contributed by atoms with E-state index in [-0.39, 0.29) is 19.8 Å². The number of aliphatic hydroxyl groups excluding tert-OH is 1. The number of hydrogen-bond acceptors (Lipinski definition) is 4. The fourth-order valence-corrected chi connectivity index (χ4v) is 0.229. The van der Waals surface area contributed by atoms with E-state index in [1.807, 2.05) is 0 Å². The first-order valence-electron chi connectivity index (χ1n) is 2.20. The maximum absolute atomic E-state index is 9.78. The lowest BCUT2D eigenvalue weighted by Crippen LogP contribution is -2.22. The van der Waals surface area contributed by atoms with Crippen LogP contribution < -0.4 is 5.11 Å². The second-order valence-corrected chi connectivity index (χ2v) is 1.20. The molecule has 0 aliphatic heterocycles. The first-order chi connectivity index (χ1) is 3.77. The van der Waals surface area contributed by atoms with Crippen molar-refractivity contribution in [2.75, 3.05) is 19.8 Å². The van der Waals surface area contributed by atoms with E-state index in [9.17, 15) is 5.11 Å². The summed E-state index contributed by atoms with van der Waals surface area (Å²) in [6.45, 7) is -0.196. The Bertz CT molecular complexity index is 73.7. The van der Waals surface area contributed by atoms with Crippen LogP contribution in [0, 0.1) is 5.41 Å². The molecule has 4 nitrogen and oxygen atoms in total. The molecule has 0 amide bonds. The van der Waals surface area contributed by atoms with Gasteiger partial charge in [0.15, 0.2) is 0 Å². The zero-order valence-corrected chi connectivity index (χ0v) is 4.39. The summed E-state index contributed by atoms with van der Waals surface area (Å²) in [6, 6.07) is 0. The summed E-state index contributed by atoms with van der Waals surface area (Å²) in [6.07, 6.45) is 0. The molecule has 0 heterocycles. The molecule has 0 aromatic rings. The van der Waals surface area contributed by atoms with Gasteiger partial charge in [-0.05, 0) is 5.90 Å². The Morgan fingerprint density at radius 3 is 2.75 bits per heavy atom. The van der Waals surface area contributed by atoms with E-state index >= 15 is 0 Å². The van der Waals surface area contributed by atoms with E-state index in [1.54, 1.807) is 0 Å². The minimum absolute atomic E-state index is 0.104. The van der Waals surface area contributed by atoms with Crippen LogP contribution in [-0.4, -0.2) is 30.8 Å². The monoisotopic (exact) mass is 118 g/mol. The molecular formula is C4H8NO3-. The van der Waals surface area contributed by atoms with Crippen LogP contribution in [-0.2, 0) is 4.74 Å². The molecule has 8 heavy (non-hydrogen) atoms. The summed E-state index contributed by atoms with van der Waals surface area (Å²) in [5, 5.41) is 24.2. The fourth-order valence-electron chi connectivity index (χ4n) is 0.229. The van der Waals surface area contributed by atoms with Crippen molar-refractivity contribution in [3.05, 3.63) is 0 Å². The molecule has 0 spiro atoms. The zero-order chi connectivity index (χ0) is 6.41. The van der Waals surface area contributed by atoms with Crippen molar-refractivity contribution >= 4 is 5.90 Å². The van der Waals surface area contributed by atoms with Crippen molar-refractivity contribution in [1.29, 1.82) is 5.41 Å². The third-order valence-electron chi connectivity index (χ3n) is 0.469. The molecule has 0 aromatic heterocycles. The van der Waals surface area contributed by atoms with Gasteiger partial charge in [-0.25, -0.2) is 0 Å². The third kappa shape index (κ3) is 5.39. The molecule has 0 fully saturated rings. The minimum atomic E-state index is -0.765. The quantitative estimate of drug-likeness (QED) is 0.263. The van der Waals surface area contributed by atoms with Gasteiger partial charge >= 0.3 is 0 Å². The summed E-state index contributed by atoms with van der Waals surface area (Å²) in [5.74, 6) is -0.765. The Kier molecular flexibility index (Phi) is 4.20. The second kappa shape index (κ2) is 4.55. The number of nitrogens with one attached hydrogen (secondary N) is 1. The standard InChI is InChI=1S/C4H9NO3/c5-4(7)3-8-2-1-6/h6H,1-3H2,(H2,5,7)/p-1. The number of ether oxygens (including phenoxy) is 1. The molecule has 0 aliphatic carbocycles. The fraction of sp³-hybridized carbons (Fsp3) is 0.750. The van der Waals surface area contributed by atoms with Crippen LogP contribution in [0.5, 0.6) is 0 Å². The molecule has 0 aromatic carbocycles. The van der Waals surface area contributed by atoms with Gasteiger partial charge in [0.25, 0.3) is 0 Å². The molecule has 0 radical (unpaired) electrons. The first-order valence-corrected chi connectivity index (χ1v) is 2.20. The minimum Gasteiger partial charge on any atom is -0.861 e. The van der Waals surface area contributed by atoms with Gasteiger partial charge in [0.2, 0.25) is 0 Å². The molecule has 4 heteroatoms. The molecule has 0 atom stereocenters. The first kappa shape index (κ1) is 7.39. The molecule has 0 saturated carbocycles. The molecule has 48 valence electrons. The lowest BCUT2D eigenvalue weighted by molar-refractivity contribution is -0.225. The van der Waals surface area contributed by atoms with E-state index in [0.717, 1.165) is 0 Å². The lowest BCUT2D eigenvalue weighted by atomic mass is 10.7. The van der Waals surface area contributed by atoms with E-state index in [1.165, 1.54) is 0 Å². The number of aliphatic hydroxyl groups is 1. The number of rotatable bonds is 4. The largest absolute Gasteiger partial charge is 0.861 e. The smallest absolute Gasteiger partial charge is 0.0742 e. The van der Waals surface area contributed by atoms with Gasteiger partial charge in [0.1, 0.15) is 0 Å². The molecule has 0 saturated heterocycles. The summed E-state index contributed by atoms with van der Waals surface area (Å²) in [4.78, 5) is 0. The average molecular weight is 118 g/mol.